The van der Waals surface area contributed by atoms with Crippen molar-refractivity contribution in [2.75, 3.05) is 26.3 Å². The van der Waals surface area contributed by atoms with E-state index in [2.05, 4.69) is 0 Å². The Bertz CT molecular complexity index is 555. The third kappa shape index (κ3) is 4.28. The Labute approximate surface area is 144 Å². The standard InChI is InChI=1S/C19H28N2O3/c1-14(20)16-6-3-9-21(12-16)19(22)15-5-2-7-17(11-15)24-13-18-8-4-10-23-18/h2,5,7,11,14,16,18H,3-4,6,8-10,12-13,20H2,1H3. The molecule has 1 aromatic rings. The second kappa shape index (κ2) is 7.99. The van der Waals surface area contributed by atoms with Crippen LogP contribution in [0.1, 0.15) is 43.0 Å². The Hall–Kier alpha value is -1.59. The van der Waals surface area contributed by atoms with E-state index in [0.29, 0.717) is 18.1 Å². The van der Waals surface area contributed by atoms with Crippen molar-refractivity contribution in [1.82, 2.24) is 4.90 Å². The minimum absolute atomic E-state index is 0.0721. The van der Waals surface area contributed by atoms with Crippen LogP contribution in [0.5, 0.6) is 5.75 Å². The van der Waals surface area contributed by atoms with Crippen molar-refractivity contribution in [3.8, 4) is 5.75 Å². The first-order chi connectivity index (χ1) is 11.6. The molecule has 1 amide bonds. The van der Waals surface area contributed by atoms with Crippen LogP contribution in [0, 0.1) is 5.92 Å². The lowest BCUT2D eigenvalue weighted by atomic mass is 9.92. The molecular weight excluding hydrogens is 304 g/mol. The quantitative estimate of drug-likeness (QED) is 0.899. The monoisotopic (exact) mass is 332 g/mol. The molecule has 0 aliphatic carbocycles. The molecule has 3 rings (SSSR count). The van der Waals surface area contributed by atoms with Gasteiger partial charge in [0.05, 0.1) is 6.10 Å². The molecule has 3 atom stereocenters. The second-order valence-electron chi connectivity index (χ2n) is 6.99. The zero-order valence-electron chi connectivity index (χ0n) is 14.4. The number of carbonyl (C=O) groups is 1. The minimum atomic E-state index is 0.0721. The number of amides is 1. The van der Waals surface area contributed by atoms with Crippen molar-refractivity contribution >= 4 is 5.91 Å². The Morgan fingerprint density at radius 1 is 1.42 bits per heavy atom. The third-order valence-corrected chi connectivity index (χ3v) is 5.03. The maximum absolute atomic E-state index is 12.8. The van der Waals surface area contributed by atoms with Crippen LogP contribution in [0.3, 0.4) is 0 Å². The summed E-state index contributed by atoms with van der Waals surface area (Å²) in [5.41, 5.74) is 6.71. The highest BCUT2D eigenvalue weighted by Crippen LogP contribution is 2.22. The Morgan fingerprint density at radius 2 is 2.29 bits per heavy atom. The zero-order valence-corrected chi connectivity index (χ0v) is 14.4. The number of rotatable bonds is 5. The zero-order chi connectivity index (χ0) is 16.9. The van der Waals surface area contributed by atoms with E-state index in [0.717, 1.165) is 51.1 Å². The van der Waals surface area contributed by atoms with Crippen LogP contribution in [0.4, 0.5) is 0 Å². The molecule has 1 aromatic carbocycles. The topological polar surface area (TPSA) is 64.8 Å². The molecule has 2 N–H and O–H groups in total. The van der Waals surface area contributed by atoms with Crippen LogP contribution < -0.4 is 10.5 Å². The molecule has 2 heterocycles. The van der Waals surface area contributed by atoms with Crippen molar-refractivity contribution in [2.45, 2.75) is 44.8 Å². The van der Waals surface area contributed by atoms with Gasteiger partial charge in [-0.05, 0) is 56.7 Å². The summed E-state index contributed by atoms with van der Waals surface area (Å²) in [7, 11) is 0. The average Bonchev–Trinajstić information content (AvgIpc) is 3.13. The van der Waals surface area contributed by atoms with Gasteiger partial charge in [-0.15, -0.1) is 0 Å². The molecule has 0 aromatic heterocycles. The molecule has 24 heavy (non-hydrogen) atoms. The van der Waals surface area contributed by atoms with Gasteiger partial charge in [0, 0.05) is 31.3 Å². The summed E-state index contributed by atoms with van der Waals surface area (Å²) in [6.45, 7) is 4.95. The van der Waals surface area contributed by atoms with Gasteiger partial charge in [0.2, 0.25) is 0 Å². The molecule has 0 radical (unpaired) electrons. The van der Waals surface area contributed by atoms with Crippen LogP contribution in [-0.2, 0) is 4.74 Å². The normalized spacial score (nSPS) is 25.5. The highest BCUT2D eigenvalue weighted by molar-refractivity contribution is 5.94. The van der Waals surface area contributed by atoms with Crippen molar-refractivity contribution in [1.29, 1.82) is 0 Å². The molecule has 2 fully saturated rings. The summed E-state index contributed by atoms with van der Waals surface area (Å²) >= 11 is 0. The summed E-state index contributed by atoms with van der Waals surface area (Å²) in [4.78, 5) is 14.7. The summed E-state index contributed by atoms with van der Waals surface area (Å²) in [6, 6.07) is 7.60. The predicted molar refractivity (Wildman–Crippen MR) is 93.2 cm³/mol. The van der Waals surface area contributed by atoms with Gasteiger partial charge >= 0.3 is 0 Å². The second-order valence-corrected chi connectivity index (χ2v) is 6.99. The number of nitrogens with two attached hydrogens (primary N) is 1. The maximum atomic E-state index is 12.8. The van der Waals surface area contributed by atoms with E-state index in [-0.39, 0.29) is 18.1 Å². The van der Waals surface area contributed by atoms with Gasteiger partial charge in [-0.3, -0.25) is 4.79 Å². The number of ether oxygens (including phenoxy) is 2. The number of likely N-dealkylation sites (tertiary alicyclic amines) is 1. The highest BCUT2D eigenvalue weighted by Gasteiger charge is 2.26. The number of piperidine rings is 1. The Balaban J connectivity index is 1.61. The van der Waals surface area contributed by atoms with Crippen LogP contribution in [0.25, 0.3) is 0 Å². The number of benzene rings is 1. The average molecular weight is 332 g/mol. The van der Waals surface area contributed by atoms with Gasteiger partial charge in [0.15, 0.2) is 0 Å². The minimum Gasteiger partial charge on any atom is -0.491 e. The van der Waals surface area contributed by atoms with Gasteiger partial charge in [0.1, 0.15) is 12.4 Å². The lowest BCUT2D eigenvalue weighted by molar-refractivity contribution is 0.0653. The van der Waals surface area contributed by atoms with Gasteiger partial charge in [0.25, 0.3) is 5.91 Å². The molecule has 5 nitrogen and oxygen atoms in total. The molecule has 2 aliphatic rings. The number of hydrogen-bond donors (Lipinski definition) is 1. The van der Waals surface area contributed by atoms with Crippen LogP contribution >= 0.6 is 0 Å². The molecule has 2 aliphatic heterocycles. The molecule has 132 valence electrons. The maximum Gasteiger partial charge on any atom is 0.253 e. The van der Waals surface area contributed by atoms with Gasteiger partial charge in [-0.25, -0.2) is 0 Å². The van der Waals surface area contributed by atoms with Crippen LogP contribution in [0.15, 0.2) is 24.3 Å². The predicted octanol–water partition coefficient (Wildman–Crippen LogP) is 2.44. The van der Waals surface area contributed by atoms with E-state index in [1.807, 2.05) is 36.1 Å². The summed E-state index contributed by atoms with van der Waals surface area (Å²) in [5, 5.41) is 0. The fraction of sp³-hybridized carbons (Fsp3) is 0.632. The van der Waals surface area contributed by atoms with Crippen LogP contribution in [0.2, 0.25) is 0 Å². The summed E-state index contributed by atoms with van der Waals surface area (Å²) in [5.74, 6) is 1.20. The number of nitrogens with zero attached hydrogens (tertiary/aromatic N) is 1. The van der Waals surface area contributed by atoms with E-state index in [9.17, 15) is 4.79 Å². The molecular formula is C19H28N2O3. The van der Waals surface area contributed by atoms with Gasteiger partial charge in [-0.1, -0.05) is 6.07 Å². The molecule has 3 unspecified atom stereocenters. The van der Waals surface area contributed by atoms with E-state index in [4.69, 9.17) is 15.2 Å². The SMILES string of the molecule is CC(N)C1CCCN(C(=O)c2cccc(OCC3CCCO3)c2)C1. The van der Waals surface area contributed by atoms with Crippen molar-refractivity contribution in [2.24, 2.45) is 11.7 Å². The third-order valence-electron chi connectivity index (χ3n) is 5.03. The highest BCUT2D eigenvalue weighted by atomic mass is 16.5. The summed E-state index contributed by atoms with van der Waals surface area (Å²) < 4.78 is 11.4. The largest absolute Gasteiger partial charge is 0.491 e. The van der Waals surface area contributed by atoms with Crippen molar-refractivity contribution in [3.63, 3.8) is 0 Å². The van der Waals surface area contributed by atoms with E-state index in [1.165, 1.54) is 0 Å². The van der Waals surface area contributed by atoms with Crippen molar-refractivity contribution in [3.05, 3.63) is 29.8 Å². The smallest absolute Gasteiger partial charge is 0.253 e. The van der Waals surface area contributed by atoms with Gasteiger partial charge in [-0.2, -0.15) is 0 Å². The number of carbonyl (C=O) groups excluding carboxylic acids is 1. The lowest BCUT2D eigenvalue weighted by Crippen LogP contribution is -2.45. The molecule has 0 saturated carbocycles. The van der Waals surface area contributed by atoms with E-state index < -0.39 is 0 Å². The fourth-order valence-electron chi connectivity index (χ4n) is 3.49. The molecule has 0 bridgehead atoms. The lowest BCUT2D eigenvalue weighted by Gasteiger charge is -2.34. The molecule has 0 spiro atoms. The first kappa shape index (κ1) is 17.2. The van der Waals surface area contributed by atoms with E-state index >= 15 is 0 Å². The Morgan fingerprint density at radius 3 is 3.04 bits per heavy atom. The van der Waals surface area contributed by atoms with Gasteiger partial charge < -0.3 is 20.1 Å². The van der Waals surface area contributed by atoms with Crippen molar-refractivity contribution < 1.29 is 14.3 Å². The first-order valence-corrected chi connectivity index (χ1v) is 9.03. The van der Waals surface area contributed by atoms with E-state index in [1.54, 1.807) is 0 Å². The molecule has 2 saturated heterocycles. The van der Waals surface area contributed by atoms with Crippen LogP contribution in [-0.4, -0.2) is 49.3 Å². The first-order valence-electron chi connectivity index (χ1n) is 9.03. The molecule has 5 heteroatoms. The Kier molecular flexibility index (Phi) is 5.74. The number of hydrogen-bond acceptors (Lipinski definition) is 4. The fourth-order valence-corrected chi connectivity index (χ4v) is 3.49. The summed E-state index contributed by atoms with van der Waals surface area (Å²) in [6.07, 6.45) is 4.45.